The van der Waals surface area contributed by atoms with Crippen molar-refractivity contribution in [2.45, 2.75) is 104 Å². The van der Waals surface area contributed by atoms with Crippen LogP contribution in [0, 0.1) is 5.41 Å². The Morgan fingerprint density at radius 3 is 1.59 bits per heavy atom. The van der Waals surface area contributed by atoms with E-state index in [2.05, 4.69) is 0 Å². The zero-order valence-electron chi connectivity index (χ0n) is 33.9. The molecule has 308 valence electrons. The summed E-state index contributed by atoms with van der Waals surface area (Å²) in [5.74, 6) is -0.969. The van der Waals surface area contributed by atoms with E-state index in [-0.39, 0.29) is 30.2 Å². The molecule has 3 aliphatic rings. The maximum Gasteiger partial charge on any atom is 0.411 e. The lowest BCUT2D eigenvalue weighted by atomic mass is 9.97. The molecule has 3 aromatic carbocycles. The van der Waals surface area contributed by atoms with Gasteiger partial charge >= 0.3 is 18.2 Å². The van der Waals surface area contributed by atoms with Gasteiger partial charge in [-0.15, -0.1) is 0 Å². The fourth-order valence-electron chi connectivity index (χ4n) is 6.99. The molecule has 0 aromatic heterocycles. The second-order valence-corrected chi connectivity index (χ2v) is 16.5. The van der Waals surface area contributed by atoms with Crippen LogP contribution in [0.15, 0.2) is 60.7 Å². The summed E-state index contributed by atoms with van der Waals surface area (Å²) in [6.45, 7) is 10.8. The van der Waals surface area contributed by atoms with Crippen molar-refractivity contribution >= 4 is 35.6 Å². The van der Waals surface area contributed by atoms with Gasteiger partial charge in [0.05, 0.1) is 0 Å². The fraction of sp³-hybridized carbons (Fsp3) is 0.455. The average molecular weight is 798 g/mol. The number of likely N-dealkylation sites (tertiary alicyclic amines) is 2. The summed E-state index contributed by atoms with van der Waals surface area (Å²) in [5, 5.41) is 8.55. The number of ether oxygens (including phenoxy) is 6. The number of fused-ring (bicyclic) bond motifs is 4. The summed E-state index contributed by atoms with van der Waals surface area (Å²) in [7, 11) is 0. The summed E-state index contributed by atoms with van der Waals surface area (Å²) in [4.78, 5) is 68.3. The van der Waals surface area contributed by atoms with Crippen LogP contribution in [0.2, 0.25) is 0 Å². The summed E-state index contributed by atoms with van der Waals surface area (Å²) in [6.07, 6.45) is 1.08. The number of hydrogen-bond donors (Lipinski definition) is 1. The third kappa shape index (κ3) is 10.1. The number of nitrogens with one attached hydrogen (secondary N) is 1. The number of esters is 1. The van der Waals surface area contributed by atoms with Crippen molar-refractivity contribution in [1.29, 1.82) is 5.41 Å². The number of nitrogens with zero attached hydrogens (tertiary/aromatic N) is 2. The van der Waals surface area contributed by atoms with Crippen molar-refractivity contribution in [2.75, 3.05) is 26.3 Å². The van der Waals surface area contributed by atoms with Crippen LogP contribution in [0.3, 0.4) is 0 Å². The molecule has 0 bridgehead atoms. The Bertz CT molecular complexity index is 1940. The molecular weight excluding hydrogens is 746 g/mol. The smallest absolute Gasteiger partial charge is 0.411 e. The second-order valence-electron chi connectivity index (χ2n) is 16.5. The van der Waals surface area contributed by atoms with E-state index in [9.17, 15) is 24.0 Å². The highest BCUT2D eigenvalue weighted by molar-refractivity contribution is 6.01. The molecule has 2 unspecified atom stereocenters. The van der Waals surface area contributed by atoms with Crippen molar-refractivity contribution < 1.29 is 52.4 Å². The van der Waals surface area contributed by atoms with E-state index in [1.165, 1.54) is 9.80 Å². The van der Waals surface area contributed by atoms with E-state index in [0.717, 1.165) is 11.1 Å². The first kappa shape index (κ1) is 41.7. The second kappa shape index (κ2) is 17.3. The van der Waals surface area contributed by atoms with Crippen LogP contribution in [0.4, 0.5) is 9.59 Å². The molecular formula is C44H51N3O11. The highest BCUT2D eigenvalue weighted by Gasteiger charge is 2.38. The Kier molecular flexibility index (Phi) is 12.4. The Balaban J connectivity index is 1.18. The molecule has 0 radical (unpaired) electrons. The minimum absolute atomic E-state index is 0.183. The molecule has 2 saturated heterocycles. The van der Waals surface area contributed by atoms with Crippen molar-refractivity contribution in [3.8, 4) is 22.6 Å². The van der Waals surface area contributed by atoms with Crippen molar-refractivity contribution in [1.82, 2.24) is 9.80 Å². The van der Waals surface area contributed by atoms with Gasteiger partial charge in [-0.2, -0.15) is 0 Å². The topological polar surface area (TPSA) is 171 Å². The molecule has 3 aromatic rings. The van der Waals surface area contributed by atoms with Crippen molar-refractivity contribution in [3.05, 3.63) is 82.9 Å². The first-order valence-corrected chi connectivity index (χ1v) is 19.5. The third-order valence-corrected chi connectivity index (χ3v) is 9.82. The van der Waals surface area contributed by atoms with Crippen LogP contribution in [-0.2, 0) is 37.0 Å². The van der Waals surface area contributed by atoms with Gasteiger partial charge in [0, 0.05) is 35.3 Å². The summed E-state index contributed by atoms with van der Waals surface area (Å²) < 4.78 is 34.7. The van der Waals surface area contributed by atoms with Crippen LogP contribution < -0.4 is 9.47 Å². The predicted octanol–water partition coefficient (Wildman–Crippen LogP) is 7.53. The zero-order valence-corrected chi connectivity index (χ0v) is 33.9. The number of amides is 2. The zero-order chi connectivity index (χ0) is 41.8. The van der Waals surface area contributed by atoms with Crippen molar-refractivity contribution in [3.63, 3.8) is 0 Å². The van der Waals surface area contributed by atoms with Gasteiger partial charge in [0.1, 0.15) is 48.0 Å². The van der Waals surface area contributed by atoms with Gasteiger partial charge in [-0.1, -0.05) is 36.4 Å². The number of carbonyl (C=O) groups is 5. The minimum Gasteiger partial charge on any atom is -0.488 e. The van der Waals surface area contributed by atoms with Crippen molar-refractivity contribution in [2.24, 2.45) is 0 Å². The molecule has 14 nitrogen and oxygen atoms in total. The number of benzene rings is 3. The standard InChI is InChI=1S/C44H51N3O11/c1-43(2,3)57-41(51)46-19-9-13-33(46)39(45)55-25-35(48)27-15-17-31-32-18-16-28(22-38(32)54-24-30-12-8-7-11-29(30)23-53-37(31)21-27)36(49)26-56-40(50)34-14-10-20-47(34)42(52)58-44(4,5)6/h7-8,11-12,15-18,21-22,33-34,45H,9-10,13-14,19-20,23-26H2,1-6H3. The van der Waals surface area contributed by atoms with Gasteiger partial charge in [-0.25, -0.2) is 14.4 Å². The largest absolute Gasteiger partial charge is 0.488 e. The normalized spacial score (nSPS) is 17.7. The first-order chi connectivity index (χ1) is 27.5. The van der Waals surface area contributed by atoms with Crippen LogP contribution >= 0.6 is 0 Å². The van der Waals surface area contributed by atoms with Gasteiger partial charge < -0.3 is 28.4 Å². The van der Waals surface area contributed by atoms with E-state index in [1.54, 1.807) is 77.9 Å². The van der Waals surface area contributed by atoms with Crippen LogP contribution in [0.1, 0.15) is 99.1 Å². The maximum atomic E-state index is 13.5. The molecule has 2 atom stereocenters. The molecule has 6 rings (SSSR count). The molecule has 1 N–H and O–H groups in total. The fourth-order valence-corrected chi connectivity index (χ4v) is 6.99. The molecule has 2 amide bonds. The van der Waals surface area contributed by atoms with Gasteiger partial charge in [-0.05, 0) is 103 Å². The predicted molar refractivity (Wildman–Crippen MR) is 212 cm³/mol. The number of carbonyl (C=O) groups excluding carboxylic acids is 5. The lowest BCUT2D eigenvalue weighted by Gasteiger charge is -2.28. The van der Waals surface area contributed by atoms with E-state index in [1.807, 2.05) is 24.3 Å². The van der Waals surface area contributed by atoms with Crippen LogP contribution in [-0.4, -0.2) is 95.0 Å². The Morgan fingerprint density at radius 2 is 1.10 bits per heavy atom. The van der Waals surface area contributed by atoms with Crippen LogP contribution in [0.5, 0.6) is 11.5 Å². The van der Waals surface area contributed by atoms with E-state index >= 15 is 0 Å². The van der Waals surface area contributed by atoms with E-state index < -0.39 is 66.2 Å². The van der Waals surface area contributed by atoms with Gasteiger partial charge in [-0.3, -0.25) is 24.8 Å². The number of hydrogen-bond acceptors (Lipinski definition) is 12. The summed E-state index contributed by atoms with van der Waals surface area (Å²) in [6, 6.07) is 16.0. The lowest BCUT2D eigenvalue weighted by Crippen LogP contribution is -2.44. The first-order valence-electron chi connectivity index (χ1n) is 19.5. The maximum absolute atomic E-state index is 13.5. The minimum atomic E-state index is -0.844. The molecule has 14 heteroatoms. The molecule has 0 spiro atoms. The highest BCUT2D eigenvalue weighted by Crippen LogP contribution is 2.40. The summed E-state index contributed by atoms with van der Waals surface area (Å²) in [5.41, 5.74) is 2.04. The lowest BCUT2D eigenvalue weighted by molar-refractivity contribution is -0.147. The monoisotopic (exact) mass is 797 g/mol. The molecule has 3 aliphatic heterocycles. The number of Topliss-reactive ketones (excluding diaryl/α,β-unsaturated/α-hetero) is 2. The number of ketones is 2. The molecule has 2 fully saturated rings. The SMILES string of the molecule is CC(C)(C)OC(=O)N1CCCC1C(=N)OCC(=O)c1ccc2c(c1)OCc1ccccc1COc1cc(C(=O)COC(=O)C3CCCN3C(=O)OC(C)(C)C)ccc1-2. The van der Waals surface area contributed by atoms with Gasteiger partial charge in [0.2, 0.25) is 5.90 Å². The van der Waals surface area contributed by atoms with Gasteiger partial charge in [0.15, 0.2) is 24.8 Å². The summed E-state index contributed by atoms with van der Waals surface area (Å²) >= 11 is 0. The average Bonchev–Trinajstić information content (AvgIpc) is 3.88. The van der Waals surface area contributed by atoms with E-state index in [4.69, 9.17) is 33.8 Å². The van der Waals surface area contributed by atoms with Crippen LogP contribution in [0.25, 0.3) is 11.1 Å². The highest BCUT2D eigenvalue weighted by atomic mass is 16.6. The molecule has 0 saturated carbocycles. The van der Waals surface area contributed by atoms with Gasteiger partial charge in [0.25, 0.3) is 0 Å². The third-order valence-electron chi connectivity index (χ3n) is 9.82. The Morgan fingerprint density at radius 1 is 0.655 bits per heavy atom. The molecule has 58 heavy (non-hydrogen) atoms. The molecule has 0 aliphatic carbocycles. The Labute approximate surface area is 338 Å². The Hall–Kier alpha value is -5.92. The number of rotatable bonds is 8. The van der Waals surface area contributed by atoms with E-state index in [0.29, 0.717) is 61.4 Å². The molecule has 3 heterocycles. The quantitative estimate of drug-likeness (QED) is 0.0786.